The summed E-state index contributed by atoms with van der Waals surface area (Å²) in [5, 5.41) is 8.95. The molecule has 2 fully saturated rings. The van der Waals surface area contributed by atoms with Crippen LogP contribution in [0.15, 0.2) is 12.1 Å². The minimum Gasteiger partial charge on any atom is -0.477 e. The lowest BCUT2D eigenvalue weighted by Crippen LogP contribution is -2.52. The van der Waals surface area contributed by atoms with Gasteiger partial charge < -0.3 is 10.0 Å². The number of carbonyl (C=O) groups is 2. The van der Waals surface area contributed by atoms with Gasteiger partial charge in [-0.1, -0.05) is 0 Å². The minimum atomic E-state index is -0.968. The van der Waals surface area contributed by atoms with Gasteiger partial charge in [0.25, 0.3) is 5.91 Å². The molecule has 0 saturated carbocycles. The Bertz CT molecular complexity index is 547. The average Bonchev–Trinajstić information content (AvgIpc) is 3.05. The molecule has 7 heteroatoms. The van der Waals surface area contributed by atoms with E-state index in [1.165, 1.54) is 30.4 Å². The topological polar surface area (TPSA) is 60.9 Å². The number of carbonyl (C=O) groups excluding carboxylic acids is 1. The normalized spacial score (nSPS) is 21.0. The van der Waals surface area contributed by atoms with E-state index in [1.54, 1.807) is 6.07 Å². The molecule has 1 amide bonds. The monoisotopic (exact) mass is 340 g/mol. The zero-order valence-electron chi connectivity index (χ0n) is 12.4. The summed E-state index contributed by atoms with van der Waals surface area (Å²) in [6.07, 6.45) is 2.51. The van der Waals surface area contributed by atoms with Crippen molar-refractivity contribution in [3.8, 4) is 0 Å². The third kappa shape index (κ3) is 3.47. The fourth-order valence-corrected chi connectivity index (χ4v) is 4.96. The maximum Gasteiger partial charge on any atom is 0.345 e. The van der Waals surface area contributed by atoms with Crippen LogP contribution in [0.5, 0.6) is 0 Å². The molecule has 120 valence electrons. The fraction of sp³-hybridized carbons (Fsp3) is 0.600. The van der Waals surface area contributed by atoms with Gasteiger partial charge in [-0.2, -0.15) is 11.8 Å². The van der Waals surface area contributed by atoms with Crippen LogP contribution in [0.3, 0.4) is 0 Å². The van der Waals surface area contributed by atoms with E-state index in [1.807, 2.05) is 16.7 Å². The number of amides is 1. The summed E-state index contributed by atoms with van der Waals surface area (Å²) >= 11 is 3.10. The standard InChI is InChI=1S/C15H20N2O3S2/c18-14(12-1-2-13(22-12)15(19)20)17-7-5-16(6-8-17)11-3-9-21-10-4-11/h1-2,11H,3-10H2,(H,19,20). The lowest BCUT2D eigenvalue weighted by molar-refractivity contribution is 0.0563. The van der Waals surface area contributed by atoms with Crippen molar-refractivity contribution in [1.82, 2.24) is 9.80 Å². The molecule has 0 atom stereocenters. The molecule has 2 aliphatic rings. The van der Waals surface area contributed by atoms with E-state index in [-0.39, 0.29) is 10.8 Å². The van der Waals surface area contributed by atoms with Gasteiger partial charge in [0, 0.05) is 32.2 Å². The smallest absolute Gasteiger partial charge is 0.345 e. The molecule has 1 N–H and O–H groups in total. The van der Waals surface area contributed by atoms with Gasteiger partial charge in [-0.15, -0.1) is 11.3 Å². The first kappa shape index (κ1) is 15.8. The van der Waals surface area contributed by atoms with Gasteiger partial charge in [-0.05, 0) is 36.5 Å². The van der Waals surface area contributed by atoms with E-state index in [0.717, 1.165) is 37.5 Å². The summed E-state index contributed by atoms with van der Waals surface area (Å²) in [7, 11) is 0. The molecule has 0 bridgehead atoms. The Hall–Kier alpha value is -1.05. The number of thioether (sulfide) groups is 1. The zero-order valence-corrected chi connectivity index (χ0v) is 14.0. The van der Waals surface area contributed by atoms with Crippen molar-refractivity contribution in [1.29, 1.82) is 0 Å². The number of piperazine rings is 1. The highest BCUT2D eigenvalue weighted by atomic mass is 32.2. The molecule has 3 rings (SSSR count). The highest BCUT2D eigenvalue weighted by molar-refractivity contribution is 7.99. The molecule has 3 heterocycles. The molecule has 2 saturated heterocycles. The Morgan fingerprint density at radius 3 is 2.27 bits per heavy atom. The molecule has 5 nitrogen and oxygen atoms in total. The highest BCUT2D eigenvalue weighted by Gasteiger charge is 2.28. The largest absolute Gasteiger partial charge is 0.477 e. The summed E-state index contributed by atoms with van der Waals surface area (Å²) in [6, 6.07) is 3.82. The molecule has 0 spiro atoms. The summed E-state index contributed by atoms with van der Waals surface area (Å²) in [6.45, 7) is 3.34. The quantitative estimate of drug-likeness (QED) is 0.913. The Kier molecular flexibility index (Phi) is 5.05. The van der Waals surface area contributed by atoms with Crippen molar-refractivity contribution in [3.63, 3.8) is 0 Å². The molecule has 0 unspecified atom stereocenters. The van der Waals surface area contributed by atoms with Crippen LogP contribution >= 0.6 is 23.1 Å². The number of carboxylic acid groups (broad SMARTS) is 1. The number of carboxylic acids is 1. The van der Waals surface area contributed by atoms with E-state index in [4.69, 9.17) is 5.11 Å². The van der Waals surface area contributed by atoms with Gasteiger partial charge in [0.2, 0.25) is 0 Å². The predicted octanol–water partition coefficient (Wildman–Crippen LogP) is 2.10. The molecule has 0 aromatic carbocycles. The van der Waals surface area contributed by atoms with Crippen LogP contribution < -0.4 is 0 Å². The fourth-order valence-electron chi connectivity index (χ4n) is 3.06. The Labute approximate surface area is 138 Å². The van der Waals surface area contributed by atoms with Gasteiger partial charge in [-0.25, -0.2) is 4.79 Å². The van der Waals surface area contributed by atoms with Crippen LogP contribution in [0.4, 0.5) is 0 Å². The number of aromatic carboxylic acids is 1. The molecule has 1 aromatic rings. The van der Waals surface area contributed by atoms with Crippen LogP contribution in [0.25, 0.3) is 0 Å². The van der Waals surface area contributed by atoms with Crippen molar-refractivity contribution in [2.24, 2.45) is 0 Å². The number of hydrogen-bond donors (Lipinski definition) is 1. The van der Waals surface area contributed by atoms with Crippen molar-refractivity contribution in [2.75, 3.05) is 37.7 Å². The lowest BCUT2D eigenvalue weighted by Gasteiger charge is -2.40. The highest BCUT2D eigenvalue weighted by Crippen LogP contribution is 2.24. The Balaban J connectivity index is 1.55. The second-order valence-corrected chi connectivity index (χ2v) is 7.95. The first-order valence-corrected chi connectivity index (χ1v) is 9.56. The van der Waals surface area contributed by atoms with Crippen LogP contribution in [0, 0.1) is 0 Å². The van der Waals surface area contributed by atoms with E-state index in [0.29, 0.717) is 10.9 Å². The number of nitrogens with zero attached hydrogens (tertiary/aromatic N) is 2. The SMILES string of the molecule is O=C(O)c1ccc(C(=O)N2CCN(C3CCSCC3)CC2)s1. The van der Waals surface area contributed by atoms with Crippen molar-refractivity contribution < 1.29 is 14.7 Å². The number of rotatable bonds is 3. The van der Waals surface area contributed by atoms with Crippen molar-refractivity contribution in [2.45, 2.75) is 18.9 Å². The maximum atomic E-state index is 12.4. The molecule has 1 aromatic heterocycles. The summed E-state index contributed by atoms with van der Waals surface area (Å²) in [5.74, 6) is 1.49. The van der Waals surface area contributed by atoms with Crippen LogP contribution in [0.2, 0.25) is 0 Å². The van der Waals surface area contributed by atoms with Crippen molar-refractivity contribution >= 4 is 35.0 Å². The molecule has 0 radical (unpaired) electrons. The minimum absolute atomic E-state index is 0.0312. The lowest BCUT2D eigenvalue weighted by atomic mass is 10.1. The third-order valence-corrected chi connectivity index (χ3v) is 6.45. The first-order valence-electron chi connectivity index (χ1n) is 7.59. The Morgan fingerprint density at radius 1 is 1.05 bits per heavy atom. The molecular weight excluding hydrogens is 320 g/mol. The summed E-state index contributed by atoms with van der Waals surface area (Å²) < 4.78 is 0. The molecule has 22 heavy (non-hydrogen) atoms. The van der Waals surface area contributed by atoms with Gasteiger partial charge in [0.15, 0.2) is 0 Å². The van der Waals surface area contributed by atoms with E-state index in [2.05, 4.69) is 4.90 Å². The van der Waals surface area contributed by atoms with Gasteiger partial charge >= 0.3 is 5.97 Å². The second kappa shape index (κ2) is 7.02. The van der Waals surface area contributed by atoms with E-state index in [9.17, 15) is 9.59 Å². The molecule has 0 aliphatic carbocycles. The summed E-state index contributed by atoms with van der Waals surface area (Å²) in [4.78, 5) is 28.5. The molecule has 2 aliphatic heterocycles. The third-order valence-electron chi connectivity index (χ3n) is 4.34. The Morgan fingerprint density at radius 2 is 1.68 bits per heavy atom. The summed E-state index contributed by atoms with van der Waals surface area (Å²) in [5.41, 5.74) is 0. The van der Waals surface area contributed by atoms with Crippen LogP contribution in [-0.2, 0) is 0 Å². The van der Waals surface area contributed by atoms with Gasteiger partial charge in [0.05, 0.1) is 4.88 Å². The van der Waals surface area contributed by atoms with Gasteiger partial charge in [0.1, 0.15) is 4.88 Å². The van der Waals surface area contributed by atoms with Gasteiger partial charge in [-0.3, -0.25) is 9.69 Å². The second-order valence-electron chi connectivity index (χ2n) is 5.64. The zero-order chi connectivity index (χ0) is 15.5. The average molecular weight is 340 g/mol. The number of thiophene rings is 1. The maximum absolute atomic E-state index is 12.4. The first-order chi connectivity index (χ1) is 10.6. The predicted molar refractivity (Wildman–Crippen MR) is 89.1 cm³/mol. The van der Waals surface area contributed by atoms with Crippen molar-refractivity contribution in [3.05, 3.63) is 21.9 Å². The van der Waals surface area contributed by atoms with E-state index >= 15 is 0 Å². The number of hydrogen-bond acceptors (Lipinski definition) is 5. The van der Waals surface area contributed by atoms with Crippen LogP contribution in [0.1, 0.15) is 32.2 Å². The van der Waals surface area contributed by atoms with E-state index < -0.39 is 5.97 Å². The van der Waals surface area contributed by atoms with Crippen LogP contribution in [-0.4, -0.2) is 70.5 Å². The molecular formula is C15H20N2O3S2.